The minimum Gasteiger partial charge on any atom is -1.00 e. The minimum absolute atomic E-state index is 0. The predicted molar refractivity (Wildman–Crippen MR) is 22.5 cm³/mol. The van der Waals surface area contributed by atoms with E-state index in [1.807, 2.05) is 0 Å². The van der Waals surface area contributed by atoms with Gasteiger partial charge in [-0.2, -0.15) is 0 Å². The van der Waals surface area contributed by atoms with E-state index < -0.39 is 0 Å². The van der Waals surface area contributed by atoms with Crippen LogP contribution >= 0.6 is 12.4 Å². The molecule has 0 fully saturated rings. The predicted octanol–water partition coefficient (Wildman–Crippen LogP) is -1.38. The van der Waals surface area contributed by atoms with Gasteiger partial charge in [-0.05, 0) is 0 Å². The first-order valence-electron chi connectivity index (χ1n) is 0. The summed E-state index contributed by atoms with van der Waals surface area (Å²) in [5.41, 5.74) is 0. The van der Waals surface area contributed by atoms with Crippen LogP contribution in [0.2, 0.25) is 0 Å². The van der Waals surface area contributed by atoms with E-state index in [9.17, 15) is 0 Å². The van der Waals surface area contributed by atoms with E-state index in [4.69, 9.17) is 0 Å². The second kappa shape index (κ2) is 37.0. The average molecular weight is 98.8 g/mol. The fraction of sp³-hybridized carbons (Fsp3) is 0. The molecule has 0 saturated heterocycles. The minimum atomic E-state index is 0. The smallest absolute Gasteiger partial charge is 1.00 e. The van der Waals surface area contributed by atoms with Gasteiger partial charge in [0.15, 0.2) is 0 Å². The number of rotatable bonds is 0. The van der Waals surface area contributed by atoms with Crippen molar-refractivity contribution in [1.29, 1.82) is 0 Å². The first kappa shape index (κ1) is 82.6. The normalized spacial score (nSPS) is 0. The zero-order valence-electron chi connectivity index (χ0n) is 4.12. The van der Waals surface area contributed by atoms with Gasteiger partial charge in [0.05, 0.1) is 0 Å². The van der Waals surface area contributed by atoms with Gasteiger partial charge in [0.2, 0.25) is 0 Å². The van der Waals surface area contributed by atoms with Crippen molar-refractivity contribution in [3.63, 3.8) is 0 Å². The van der Waals surface area contributed by atoms with Crippen LogP contribution in [0.4, 0.5) is 0 Å². The van der Waals surface area contributed by atoms with Crippen molar-refractivity contribution in [3.05, 3.63) is 0 Å². The third-order valence-electron chi connectivity index (χ3n) is 0. The van der Waals surface area contributed by atoms with Crippen LogP contribution in [0.5, 0.6) is 0 Å². The molecule has 0 heterocycles. The molecule has 0 amide bonds. The fourth-order valence-corrected chi connectivity index (χ4v) is 0. The zero-order valence-corrected chi connectivity index (χ0v) is 4.35. The Morgan fingerprint density at radius 1 is 1.00 bits per heavy atom. The summed E-state index contributed by atoms with van der Waals surface area (Å²) in [5, 5.41) is 0. The summed E-state index contributed by atoms with van der Waals surface area (Å²) >= 11 is 0. The van der Waals surface area contributed by atoms with Crippen LogP contribution in [0, 0.1) is 0 Å². The first-order valence-corrected chi connectivity index (χ1v) is 0. The van der Waals surface area contributed by atoms with Crippen LogP contribution in [-0.4, -0.2) is 34.0 Å². The van der Waals surface area contributed by atoms with Crippen LogP contribution in [0.25, 0.3) is 0 Å². The standard InChI is InChI=1S/ClH.Mg.2H2O.2H/h1H;;2*1H2;;/q;+2;;;2*-1. The van der Waals surface area contributed by atoms with E-state index in [1.54, 1.807) is 0 Å². The van der Waals surface area contributed by atoms with Gasteiger partial charge in [-0.25, -0.2) is 0 Å². The Morgan fingerprint density at radius 3 is 1.00 bits per heavy atom. The Balaban J connectivity index is 0. The molecular formula is H7ClMgO2. The molecule has 4 heavy (non-hydrogen) atoms. The van der Waals surface area contributed by atoms with Gasteiger partial charge < -0.3 is 13.8 Å². The van der Waals surface area contributed by atoms with Crippen molar-refractivity contribution in [1.82, 2.24) is 0 Å². The SMILES string of the molecule is Cl.O.O.[H-].[H-].[Mg+2]. The maximum Gasteiger partial charge on any atom is 2.00 e. The molecule has 0 atom stereocenters. The Bertz CT molecular complexity index is 11.5. The summed E-state index contributed by atoms with van der Waals surface area (Å²) in [6.45, 7) is 0. The van der Waals surface area contributed by atoms with Crippen molar-refractivity contribution in [2.24, 2.45) is 0 Å². The quantitative estimate of drug-likeness (QED) is 0.336. The Kier molecular flexibility index (Phi) is 763. The molecule has 0 aliphatic rings. The van der Waals surface area contributed by atoms with E-state index >= 15 is 0 Å². The van der Waals surface area contributed by atoms with Gasteiger partial charge in [0.25, 0.3) is 0 Å². The van der Waals surface area contributed by atoms with Gasteiger partial charge >= 0.3 is 23.1 Å². The number of halogens is 1. The van der Waals surface area contributed by atoms with E-state index in [-0.39, 0.29) is 49.3 Å². The van der Waals surface area contributed by atoms with Crippen LogP contribution in [0.3, 0.4) is 0 Å². The summed E-state index contributed by atoms with van der Waals surface area (Å²) in [6, 6.07) is 0. The van der Waals surface area contributed by atoms with Crippen LogP contribution in [0.15, 0.2) is 0 Å². The fourth-order valence-electron chi connectivity index (χ4n) is 0. The van der Waals surface area contributed by atoms with E-state index in [2.05, 4.69) is 0 Å². The Hall–Kier alpha value is 0.976. The van der Waals surface area contributed by atoms with Crippen molar-refractivity contribution < 1.29 is 13.8 Å². The molecule has 0 aromatic carbocycles. The van der Waals surface area contributed by atoms with Gasteiger partial charge in [-0.1, -0.05) is 0 Å². The molecule has 0 aromatic rings. The molecule has 0 bridgehead atoms. The van der Waals surface area contributed by atoms with Crippen LogP contribution in [-0.2, 0) is 0 Å². The van der Waals surface area contributed by atoms with E-state index in [0.717, 1.165) is 0 Å². The Morgan fingerprint density at radius 2 is 1.00 bits per heavy atom. The van der Waals surface area contributed by atoms with E-state index in [0.29, 0.717) is 0 Å². The maximum atomic E-state index is 0. The third-order valence-corrected chi connectivity index (χ3v) is 0. The monoisotopic (exact) mass is 98.0 g/mol. The number of hydrogen-bond donors (Lipinski definition) is 0. The van der Waals surface area contributed by atoms with Crippen molar-refractivity contribution in [3.8, 4) is 0 Å². The molecule has 0 unspecified atom stereocenters. The van der Waals surface area contributed by atoms with Crippen molar-refractivity contribution >= 4 is 35.5 Å². The van der Waals surface area contributed by atoms with Crippen molar-refractivity contribution in [2.45, 2.75) is 0 Å². The van der Waals surface area contributed by atoms with Crippen LogP contribution < -0.4 is 0 Å². The summed E-state index contributed by atoms with van der Waals surface area (Å²) in [6.07, 6.45) is 0. The summed E-state index contributed by atoms with van der Waals surface area (Å²) in [5.74, 6) is 0. The first-order chi connectivity index (χ1) is 0. The summed E-state index contributed by atoms with van der Waals surface area (Å²) in [4.78, 5) is 0. The molecule has 0 aromatic heterocycles. The molecule has 0 rings (SSSR count). The van der Waals surface area contributed by atoms with Crippen molar-refractivity contribution in [2.75, 3.05) is 0 Å². The molecule has 28 valence electrons. The van der Waals surface area contributed by atoms with Gasteiger partial charge in [-0.3, -0.25) is 0 Å². The molecule has 0 aliphatic carbocycles. The molecule has 4 heteroatoms. The second-order valence-electron chi connectivity index (χ2n) is 0. The van der Waals surface area contributed by atoms with Gasteiger partial charge in [0.1, 0.15) is 0 Å². The third kappa shape index (κ3) is 12.2. The molecule has 0 radical (unpaired) electrons. The van der Waals surface area contributed by atoms with Crippen LogP contribution in [0.1, 0.15) is 2.85 Å². The molecular weight excluding hydrogens is 91.8 g/mol. The molecule has 0 spiro atoms. The largest absolute Gasteiger partial charge is 2.00 e. The Labute approximate surface area is 49.7 Å². The summed E-state index contributed by atoms with van der Waals surface area (Å²) < 4.78 is 0. The number of hydrogen-bond acceptors (Lipinski definition) is 0. The molecule has 0 saturated carbocycles. The average Bonchev–Trinajstić information content (AvgIpc) is 0. The summed E-state index contributed by atoms with van der Waals surface area (Å²) in [7, 11) is 0. The van der Waals surface area contributed by atoms with Gasteiger partial charge in [-0.15, -0.1) is 12.4 Å². The molecule has 4 N–H and O–H groups in total. The van der Waals surface area contributed by atoms with Gasteiger partial charge in [0, 0.05) is 0 Å². The second-order valence-corrected chi connectivity index (χ2v) is 0. The maximum absolute atomic E-state index is 0. The zero-order chi connectivity index (χ0) is 0. The van der Waals surface area contributed by atoms with E-state index in [1.165, 1.54) is 0 Å². The molecule has 2 nitrogen and oxygen atoms in total. The topological polar surface area (TPSA) is 63.0 Å². The molecule has 0 aliphatic heterocycles.